The summed E-state index contributed by atoms with van der Waals surface area (Å²) in [6, 6.07) is 13.9. The number of aliphatic imine (C=N–C) groups is 1. The molecule has 0 amide bonds. The van der Waals surface area contributed by atoms with E-state index in [0.29, 0.717) is 6.42 Å². The standard InChI is InChI=1S/C18H16N4O2/c1-3-12-17(9-19)15-22-14(21)18(17,10-20)13(16(2,23-12)24-15)11-7-5-4-6-8-11/h4-8,12-13,21H,3H2,1-2H3/t12-,13-,16-,17-,18+/m0/s1. The first-order valence-corrected chi connectivity index (χ1v) is 7.92. The summed E-state index contributed by atoms with van der Waals surface area (Å²) in [4.78, 5) is 4.19. The topological polar surface area (TPSA) is 102 Å². The van der Waals surface area contributed by atoms with Crippen molar-refractivity contribution in [1.82, 2.24) is 0 Å². The van der Waals surface area contributed by atoms with Crippen molar-refractivity contribution in [3.63, 3.8) is 0 Å². The van der Waals surface area contributed by atoms with Crippen molar-refractivity contribution in [2.45, 2.75) is 38.1 Å². The van der Waals surface area contributed by atoms with Gasteiger partial charge in [-0.25, -0.2) is 0 Å². The van der Waals surface area contributed by atoms with Crippen molar-refractivity contribution in [2.75, 3.05) is 0 Å². The molecule has 3 fully saturated rings. The van der Waals surface area contributed by atoms with Crippen LogP contribution in [0.15, 0.2) is 35.3 Å². The van der Waals surface area contributed by atoms with Crippen molar-refractivity contribution in [3.8, 4) is 12.1 Å². The zero-order chi connectivity index (χ0) is 17.2. The van der Waals surface area contributed by atoms with E-state index >= 15 is 0 Å². The Hall–Kier alpha value is -2.70. The van der Waals surface area contributed by atoms with Gasteiger partial charge in [0, 0.05) is 6.92 Å². The van der Waals surface area contributed by atoms with Gasteiger partial charge in [-0.1, -0.05) is 37.3 Å². The van der Waals surface area contributed by atoms with Gasteiger partial charge in [-0.3, -0.25) is 5.41 Å². The van der Waals surface area contributed by atoms with E-state index in [9.17, 15) is 10.5 Å². The van der Waals surface area contributed by atoms with Gasteiger partial charge in [0.2, 0.25) is 11.7 Å². The third-order valence-electron chi connectivity index (χ3n) is 5.52. The SMILES string of the molecule is CC[C@@H]1O[C@@]2(C)OC3=NC(=N)[C@@](C#N)([C@H]2c2ccccc2)[C@]31C#N. The van der Waals surface area contributed by atoms with Gasteiger partial charge < -0.3 is 9.47 Å². The second kappa shape index (κ2) is 4.43. The second-order valence-corrected chi connectivity index (χ2v) is 6.58. The molecule has 4 aliphatic rings. The van der Waals surface area contributed by atoms with E-state index in [4.69, 9.17) is 14.9 Å². The number of rotatable bonds is 2. The van der Waals surface area contributed by atoms with Crippen molar-refractivity contribution in [1.29, 1.82) is 15.9 Å². The molecule has 0 radical (unpaired) electrons. The van der Waals surface area contributed by atoms with Gasteiger partial charge in [0.25, 0.3) is 0 Å². The average Bonchev–Trinajstić information content (AvgIpc) is 2.79. The summed E-state index contributed by atoms with van der Waals surface area (Å²) in [6.45, 7) is 3.67. The number of hydrogen-bond donors (Lipinski definition) is 1. The van der Waals surface area contributed by atoms with Crippen LogP contribution in [0.5, 0.6) is 0 Å². The van der Waals surface area contributed by atoms with E-state index in [1.54, 1.807) is 6.92 Å². The van der Waals surface area contributed by atoms with Crippen LogP contribution >= 0.6 is 0 Å². The Balaban J connectivity index is 2.07. The van der Waals surface area contributed by atoms with Crippen LogP contribution in [0.3, 0.4) is 0 Å². The summed E-state index contributed by atoms with van der Waals surface area (Å²) >= 11 is 0. The summed E-state index contributed by atoms with van der Waals surface area (Å²) in [5.41, 5.74) is -1.99. The van der Waals surface area contributed by atoms with E-state index < -0.39 is 28.6 Å². The molecule has 120 valence electrons. The van der Waals surface area contributed by atoms with E-state index in [0.717, 1.165) is 5.56 Å². The Kier molecular flexibility index (Phi) is 2.75. The third-order valence-corrected chi connectivity index (χ3v) is 5.52. The van der Waals surface area contributed by atoms with Gasteiger partial charge >= 0.3 is 0 Å². The Morgan fingerprint density at radius 1 is 1.21 bits per heavy atom. The van der Waals surface area contributed by atoms with Crippen molar-refractivity contribution in [3.05, 3.63) is 35.9 Å². The summed E-state index contributed by atoms with van der Waals surface area (Å²) in [6.07, 6.45) is -0.00789. The average molecular weight is 320 g/mol. The zero-order valence-corrected chi connectivity index (χ0v) is 13.4. The molecule has 3 saturated heterocycles. The zero-order valence-electron chi connectivity index (χ0n) is 13.4. The predicted molar refractivity (Wildman–Crippen MR) is 85.1 cm³/mol. The molecule has 0 aromatic heterocycles. The molecule has 4 bridgehead atoms. The Morgan fingerprint density at radius 3 is 2.46 bits per heavy atom. The first kappa shape index (κ1) is 14.9. The van der Waals surface area contributed by atoms with Gasteiger partial charge in [0.1, 0.15) is 5.84 Å². The number of fused-ring (bicyclic) bond motifs is 1. The fraction of sp³-hybridized carbons (Fsp3) is 0.444. The van der Waals surface area contributed by atoms with Crippen LogP contribution in [0.25, 0.3) is 0 Å². The van der Waals surface area contributed by atoms with E-state index in [1.165, 1.54) is 0 Å². The molecule has 4 heterocycles. The maximum Gasteiger partial charge on any atom is 0.218 e. The number of amidine groups is 1. The van der Waals surface area contributed by atoms with E-state index in [2.05, 4.69) is 17.1 Å². The fourth-order valence-corrected chi connectivity index (χ4v) is 4.60. The molecule has 5 rings (SSSR count). The molecular formula is C18H16N4O2. The van der Waals surface area contributed by atoms with Crippen LogP contribution in [0.2, 0.25) is 0 Å². The van der Waals surface area contributed by atoms with Gasteiger partial charge in [-0.2, -0.15) is 15.5 Å². The predicted octanol–water partition coefficient (Wildman–Crippen LogP) is 2.73. The molecule has 4 aliphatic heterocycles. The lowest BCUT2D eigenvalue weighted by molar-refractivity contribution is -0.314. The summed E-state index contributed by atoms with van der Waals surface area (Å²) < 4.78 is 12.1. The van der Waals surface area contributed by atoms with Crippen LogP contribution in [-0.4, -0.2) is 23.6 Å². The Labute approximate surface area is 139 Å². The minimum Gasteiger partial charge on any atom is -0.447 e. The highest BCUT2D eigenvalue weighted by molar-refractivity contribution is 6.13. The molecule has 1 aromatic rings. The highest BCUT2D eigenvalue weighted by atomic mass is 16.7. The van der Waals surface area contributed by atoms with Gasteiger partial charge in [0.15, 0.2) is 10.8 Å². The monoisotopic (exact) mass is 320 g/mol. The molecule has 5 atom stereocenters. The van der Waals surface area contributed by atoms with E-state index in [1.807, 2.05) is 37.3 Å². The third kappa shape index (κ3) is 1.31. The number of hydrogen-bond acceptors (Lipinski definition) is 5. The lowest BCUT2D eigenvalue weighted by Gasteiger charge is -2.60. The smallest absolute Gasteiger partial charge is 0.218 e. The van der Waals surface area contributed by atoms with Crippen LogP contribution in [0, 0.1) is 38.9 Å². The molecule has 0 saturated carbocycles. The number of ether oxygens (including phenoxy) is 2. The maximum absolute atomic E-state index is 10.2. The number of nitriles is 2. The van der Waals surface area contributed by atoms with Crippen LogP contribution < -0.4 is 0 Å². The molecule has 6 heteroatoms. The van der Waals surface area contributed by atoms with Crippen molar-refractivity contribution < 1.29 is 9.47 Å². The number of nitrogens with zero attached hydrogens (tertiary/aromatic N) is 3. The molecule has 0 spiro atoms. The minimum absolute atomic E-state index is 0.110. The lowest BCUT2D eigenvalue weighted by atomic mass is 9.50. The highest BCUT2D eigenvalue weighted by Crippen LogP contribution is 2.69. The van der Waals surface area contributed by atoms with Crippen LogP contribution in [0.4, 0.5) is 0 Å². The first-order valence-electron chi connectivity index (χ1n) is 7.92. The second-order valence-electron chi connectivity index (χ2n) is 6.58. The van der Waals surface area contributed by atoms with Gasteiger partial charge in [0.05, 0.1) is 24.2 Å². The molecule has 1 N–H and O–H groups in total. The molecule has 0 aliphatic carbocycles. The fourth-order valence-electron chi connectivity index (χ4n) is 4.60. The first-order chi connectivity index (χ1) is 11.5. The summed E-state index contributed by atoms with van der Waals surface area (Å²) in [7, 11) is 0. The highest BCUT2D eigenvalue weighted by Gasteiger charge is 2.82. The van der Waals surface area contributed by atoms with Crippen molar-refractivity contribution >= 4 is 11.7 Å². The molecule has 0 unspecified atom stereocenters. The largest absolute Gasteiger partial charge is 0.447 e. The number of benzene rings is 1. The maximum atomic E-state index is 10.2. The Bertz CT molecular complexity index is 852. The number of nitrogens with one attached hydrogen (secondary N) is 1. The minimum atomic E-state index is -1.41. The van der Waals surface area contributed by atoms with Gasteiger partial charge in [-0.05, 0) is 12.0 Å². The van der Waals surface area contributed by atoms with Crippen molar-refractivity contribution in [2.24, 2.45) is 15.8 Å². The molecule has 24 heavy (non-hydrogen) atoms. The molecule has 1 aromatic carbocycles. The summed E-state index contributed by atoms with van der Waals surface area (Å²) in [5.74, 6) is -1.70. The lowest BCUT2D eigenvalue weighted by Crippen LogP contribution is -2.72. The Morgan fingerprint density at radius 2 is 1.88 bits per heavy atom. The normalized spacial score (nSPS) is 42.0. The van der Waals surface area contributed by atoms with Crippen LogP contribution in [-0.2, 0) is 9.47 Å². The van der Waals surface area contributed by atoms with Gasteiger partial charge in [-0.15, -0.1) is 0 Å². The van der Waals surface area contributed by atoms with E-state index in [-0.39, 0.29) is 11.7 Å². The summed E-state index contributed by atoms with van der Waals surface area (Å²) in [5, 5.41) is 28.7. The van der Waals surface area contributed by atoms with Crippen LogP contribution in [0.1, 0.15) is 31.7 Å². The molecule has 6 nitrogen and oxygen atoms in total. The quantitative estimate of drug-likeness (QED) is 0.905. The molecular weight excluding hydrogens is 304 g/mol.